The molecule has 3 heterocycles. The van der Waals surface area contributed by atoms with Crippen LogP contribution in [0.15, 0.2) is 53.5 Å². The molecule has 0 spiro atoms. The molecule has 33 heavy (non-hydrogen) atoms. The van der Waals surface area contributed by atoms with Crippen LogP contribution in [0.5, 0.6) is 0 Å². The summed E-state index contributed by atoms with van der Waals surface area (Å²) in [6.45, 7) is 2.79. The van der Waals surface area contributed by atoms with Crippen LogP contribution < -0.4 is 21.9 Å². The summed E-state index contributed by atoms with van der Waals surface area (Å²) in [6, 6.07) is 13.1. The molecule has 0 bridgehead atoms. The Labute approximate surface area is 193 Å². The Balaban J connectivity index is 1.50. The number of pyridine rings is 1. The van der Waals surface area contributed by atoms with Crippen molar-refractivity contribution in [2.75, 3.05) is 17.6 Å². The maximum atomic E-state index is 13.3. The predicted molar refractivity (Wildman–Crippen MR) is 129 cm³/mol. The Morgan fingerprint density at radius 1 is 1.18 bits per heavy atom. The van der Waals surface area contributed by atoms with E-state index in [0.717, 1.165) is 42.6 Å². The highest BCUT2D eigenvalue weighted by atomic mass is 16.2. The van der Waals surface area contributed by atoms with Crippen LogP contribution in [0.3, 0.4) is 0 Å². The summed E-state index contributed by atoms with van der Waals surface area (Å²) < 4.78 is 1.63. The number of carbonyl (C=O) groups is 1. The molecule has 1 aliphatic heterocycles. The van der Waals surface area contributed by atoms with Gasteiger partial charge in [0.2, 0.25) is 5.91 Å². The highest BCUT2D eigenvalue weighted by Gasteiger charge is 2.27. The molecule has 0 saturated heterocycles. The molecule has 1 aliphatic rings. The number of nitrogen functional groups attached to an aromatic ring is 1. The molecule has 172 valence electrons. The van der Waals surface area contributed by atoms with Gasteiger partial charge in [-0.1, -0.05) is 42.8 Å². The molecule has 0 saturated carbocycles. The fraction of sp³-hybridized carbons (Fsp3) is 0.360. The standard InChI is InChI=1S/C25H30N6O2/c1-17-19(11-12-22(26)30-17)15-29-24(32)21-10-6-5-9-20-16-28-23(25(33)31(20)21)27-14-13-18-7-3-2-4-8-18/h2-4,7-8,11-12,16,21H,5-6,9-10,13-15H2,1H3,(H2,26,30)(H,27,28)(H,29,32)/t21-/m0/s1. The fourth-order valence-electron chi connectivity index (χ4n) is 4.24. The third-order valence-corrected chi connectivity index (χ3v) is 6.07. The van der Waals surface area contributed by atoms with Gasteiger partial charge in [0.25, 0.3) is 5.56 Å². The third kappa shape index (κ3) is 5.39. The number of nitrogens with zero attached hydrogens (tertiary/aromatic N) is 3. The molecule has 1 atom stereocenters. The highest BCUT2D eigenvalue weighted by Crippen LogP contribution is 2.23. The number of hydrogen-bond acceptors (Lipinski definition) is 6. The van der Waals surface area contributed by atoms with Gasteiger partial charge in [0, 0.05) is 30.7 Å². The SMILES string of the molecule is Cc1nc(N)ccc1CNC(=O)[C@@H]1CCCCc2cnc(NCCc3ccccc3)c(=O)n21. The summed E-state index contributed by atoms with van der Waals surface area (Å²) in [4.78, 5) is 35.1. The third-order valence-electron chi connectivity index (χ3n) is 6.07. The lowest BCUT2D eigenvalue weighted by Gasteiger charge is -2.21. The van der Waals surface area contributed by atoms with E-state index in [1.807, 2.05) is 31.2 Å². The second-order valence-electron chi connectivity index (χ2n) is 8.40. The van der Waals surface area contributed by atoms with E-state index >= 15 is 0 Å². The lowest BCUT2D eigenvalue weighted by molar-refractivity contribution is -0.124. The Morgan fingerprint density at radius 2 is 2.00 bits per heavy atom. The van der Waals surface area contributed by atoms with Gasteiger partial charge in [-0.2, -0.15) is 0 Å². The van der Waals surface area contributed by atoms with Gasteiger partial charge in [-0.3, -0.25) is 14.2 Å². The van der Waals surface area contributed by atoms with Crippen LogP contribution in [0.2, 0.25) is 0 Å². The average Bonchev–Trinajstić information content (AvgIpc) is 3.04. The summed E-state index contributed by atoms with van der Waals surface area (Å²) >= 11 is 0. The second-order valence-corrected chi connectivity index (χ2v) is 8.40. The van der Waals surface area contributed by atoms with Gasteiger partial charge in [-0.05, 0) is 49.8 Å². The number of aromatic nitrogens is 3. The van der Waals surface area contributed by atoms with Gasteiger partial charge in [0.1, 0.15) is 11.9 Å². The molecule has 0 fully saturated rings. The molecular formula is C25H30N6O2. The quantitative estimate of drug-likeness (QED) is 0.514. The average molecular weight is 447 g/mol. The van der Waals surface area contributed by atoms with Gasteiger partial charge in [-0.15, -0.1) is 0 Å². The normalized spacial score (nSPS) is 15.4. The highest BCUT2D eigenvalue weighted by molar-refractivity contribution is 5.80. The number of nitrogens with one attached hydrogen (secondary N) is 2. The van der Waals surface area contributed by atoms with E-state index in [4.69, 9.17) is 5.73 Å². The lowest BCUT2D eigenvalue weighted by Crippen LogP contribution is -2.39. The minimum absolute atomic E-state index is 0.169. The predicted octanol–water partition coefficient (Wildman–Crippen LogP) is 2.77. The lowest BCUT2D eigenvalue weighted by atomic mass is 10.1. The summed E-state index contributed by atoms with van der Waals surface area (Å²) in [7, 11) is 0. The number of nitrogens with two attached hydrogens (primary N) is 1. The van der Waals surface area contributed by atoms with Crippen molar-refractivity contribution in [1.29, 1.82) is 0 Å². The van der Waals surface area contributed by atoms with Crippen LogP contribution in [0.1, 0.15) is 47.8 Å². The molecule has 0 radical (unpaired) electrons. The van der Waals surface area contributed by atoms with Crippen LogP contribution >= 0.6 is 0 Å². The van der Waals surface area contributed by atoms with Gasteiger partial charge < -0.3 is 16.4 Å². The molecule has 4 N–H and O–H groups in total. The molecule has 3 aromatic rings. The van der Waals surface area contributed by atoms with Crippen molar-refractivity contribution in [1.82, 2.24) is 19.9 Å². The number of carbonyl (C=O) groups excluding carboxylic acids is 1. The van der Waals surface area contributed by atoms with Crippen molar-refractivity contribution in [2.24, 2.45) is 0 Å². The zero-order valence-corrected chi connectivity index (χ0v) is 18.9. The fourth-order valence-corrected chi connectivity index (χ4v) is 4.24. The molecule has 2 aromatic heterocycles. The van der Waals surface area contributed by atoms with E-state index < -0.39 is 6.04 Å². The van der Waals surface area contributed by atoms with Crippen molar-refractivity contribution in [3.05, 3.63) is 81.5 Å². The van der Waals surface area contributed by atoms with E-state index in [-0.39, 0.29) is 17.3 Å². The molecular weight excluding hydrogens is 416 g/mol. The minimum Gasteiger partial charge on any atom is -0.384 e. The van der Waals surface area contributed by atoms with Crippen molar-refractivity contribution in [2.45, 2.75) is 51.6 Å². The number of aryl methyl sites for hydroxylation is 2. The summed E-state index contributed by atoms with van der Waals surface area (Å²) in [5, 5.41) is 6.15. The van der Waals surface area contributed by atoms with Crippen molar-refractivity contribution >= 4 is 17.5 Å². The smallest absolute Gasteiger partial charge is 0.294 e. The Kier molecular flexibility index (Phi) is 7.02. The monoisotopic (exact) mass is 446 g/mol. The number of fused-ring (bicyclic) bond motifs is 1. The van der Waals surface area contributed by atoms with Crippen molar-refractivity contribution in [3.63, 3.8) is 0 Å². The number of hydrogen-bond donors (Lipinski definition) is 3. The molecule has 0 unspecified atom stereocenters. The molecule has 0 aliphatic carbocycles. The number of amides is 1. The molecule has 4 rings (SSSR count). The topological polar surface area (TPSA) is 115 Å². The summed E-state index contributed by atoms with van der Waals surface area (Å²) in [6.07, 6.45) is 5.65. The van der Waals surface area contributed by atoms with E-state index in [1.165, 1.54) is 5.56 Å². The van der Waals surface area contributed by atoms with Gasteiger partial charge in [0.15, 0.2) is 5.82 Å². The second kappa shape index (κ2) is 10.3. The Bertz CT molecular complexity index is 1180. The van der Waals surface area contributed by atoms with E-state index in [0.29, 0.717) is 25.3 Å². The van der Waals surface area contributed by atoms with Gasteiger partial charge in [-0.25, -0.2) is 9.97 Å². The molecule has 1 aromatic carbocycles. The first kappa shape index (κ1) is 22.5. The maximum Gasteiger partial charge on any atom is 0.294 e. The van der Waals surface area contributed by atoms with E-state index in [9.17, 15) is 9.59 Å². The molecule has 8 nitrogen and oxygen atoms in total. The first-order valence-electron chi connectivity index (χ1n) is 11.4. The Morgan fingerprint density at radius 3 is 2.79 bits per heavy atom. The minimum atomic E-state index is -0.560. The maximum absolute atomic E-state index is 13.3. The molecule has 1 amide bonds. The van der Waals surface area contributed by atoms with Gasteiger partial charge in [0.05, 0.1) is 0 Å². The molecule has 8 heteroatoms. The first-order chi connectivity index (χ1) is 16.0. The number of rotatable bonds is 7. The zero-order chi connectivity index (χ0) is 23.2. The van der Waals surface area contributed by atoms with Crippen molar-refractivity contribution < 1.29 is 4.79 Å². The Hall–Kier alpha value is -3.68. The van der Waals surface area contributed by atoms with Gasteiger partial charge >= 0.3 is 0 Å². The first-order valence-corrected chi connectivity index (χ1v) is 11.4. The largest absolute Gasteiger partial charge is 0.384 e. The van der Waals surface area contributed by atoms with Crippen LogP contribution in [0, 0.1) is 6.92 Å². The van der Waals surface area contributed by atoms with Crippen LogP contribution in [0.4, 0.5) is 11.6 Å². The van der Waals surface area contributed by atoms with Crippen LogP contribution in [0.25, 0.3) is 0 Å². The van der Waals surface area contributed by atoms with Crippen LogP contribution in [-0.4, -0.2) is 27.0 Å². The van der Waals surface area contributed by atoms with Crippen LogP contribution in [-0.2, 0) is 24.2 Å². The zero-order valence-electron chi connectivity index (χ0n) is 18.9. The van der Waals surface area contributed by atoms with E-state index in [2.05, 4.69) is 32.7 Å². The summed E-state index contributed by atoms with van der Waals surface area (Å²) in [5.74, 6) is 0.567. The van der Waals surface area contributed by atoms with E-state index in [1.54, 1.807) is 16.8 Å². The van der Waals surface area contributed by atoms with Crippen molar-refractivity contribution in [3.8, 4) is 0 Å². The number of benzene rings is 1. The summed E-state index contributed by atoms with van der Waals surface area (Å²) in [5.41, 5.74) is 9.15. The number of anilines is 2.